The van der Waals surface area contributed by atoms with Crippen LogP contribution in [0.2, 0.25) is 0 Å². The van der Waals surface area contributed by atoms with Crippen LogP contribution in [0.3, 0.4) is 0 Å². The molecule has 0 spiro atoms. The summed E-state index contributed by atoms with van der Waals surface area (Å²) in [6, 6.07) is 2.27. The van der Waals surface area contributed by atoms with E-state index in [1.807, 2.05) is 0 Å². The maximum absolute atomic E-state index is 11.2. The van der Waals surface area contributed by atoms with E-state index in [-0.39, 0.29) is 0 Å². The highest BCUT2D eigenvalue weighted by Crippen LogP contribution is 2.33. The lowest BCUT2D eigenvalue weighted by molar-refractivity contribution is -0.117. The molecule has 1 aromatic rings. The minimum absolute atomic E-state index is 0.299. The molecule has 0 aliphatic carbocycles. The standard InChI is InChI=1S/C17H26O/c1-7-16(9-8-13(4)18)17-14(5)11(2)10-12(3)15(17)6/h10,16H,7-9H2,1-6H3. The van der Waals surface area contributed by atoms with Gasteiger partial charge in [-0.05, 0) is 81.2 Å². The second-order valence-corrected chi connectivity index (χ2v) is 5.52. The Balaban J connectivity index is 3.16. The molecule has 0 saturated carbocycles. The number of benzene rings is 1. The van der Waals surface area contributed by atoms with Gasteiger partial charge in [0.25, 0.3) is 0 Å². The lowest BCUT2D eigenvalue weighted by Crippen LogP contribution is -2.07. The normalized spacial score (nSPS) is 12.6. The molecule has 0 bridgehead atoms. The Morgan fingerprint density at radius 3 is 2.00 bits per heavy atom. The number of Topliss-reactive ketones (excluding diaryl/α,β-unsaturated/α-hetero) is 1. The lowest BCUT2D eigenvalue weighted by Gasteiger charge is -2.23. The van der Waals surface area contributed by atoms with E-state index in [0.717, 1.165) is 12.8 Å². The Morgan fingerprint density at radius 2 is 1.61 bits per heavy atom. The van der Waals surface area contributed by atoms with Gasteiger partial charge in [-0.15, -0.1) is 0 Å². The number of aryl methyl sites for hydroxylation is 2. The van der Waals surface area contributed by atoms with Gasteiger partial charge in [0, 0.05) is 6.42 Å². The number of ketones is 1. The van der Waals surface area contributed by atoms with E-state index in [0.29, 0.717) is 18.1 Å². The highest BCUT2D eigenvalue weighted by atomic mass is 16.1. The summed E-state index contributed by atoms with van der Waals surface area (Å²) in [5.74, 6) is 0.820. The van der Waals surface area contributed by atoms with Gasteiger partial charge in [0.2, 0.25) is 0 Å². The summed E-state index contributed by atoms with van der Waals surface area (Å²) in [7, 11) is 0. The fraction of sp³-hybridized carbons (Fsp3) is 0.588. The molecule has 0 fully saturated rings. The molecule has 0 aliphatic rings. The molecule has 0 heterocycles. The first-order valence-corrected chi connectivity index (χ1v) is 6.95. The molecule has 0 N–H and O–H groups in total. The molecule has 0 amide bonds. The summed E-state index contributed by atoms with van der Waals surface area (Å²) in [6.45, 7) is 12.7. The van der Waals surface area contributed by atoms with Crippen molar-refractivity contribution in [3.8, 4) is 0 Å². The molecule has 0 aromatic heterocycles. The Labute approximate surface area is 112 Å². The summed E-state index contributed by atoms with van der Waals surface area (Å²) in [5.41, 5.74) is 7.04. The lowest BCUT2D eigenvalue weighted by atomic mass is 9.82. The highest BCUT2D eigenvalue weighted by Gasteiger charge is 2.17. The zero-order valence-corrected chi connectivity index (χ0v) is 12.7. The summed E-state index contributed by atoms with van der Waals surface area (Å²) in [4.78, 5) is 11.2. The molecule has 0 aliphatic heterocycles. The molecule has 1 unspecified atom stereocenters. The van der Waals surface area contributed by atoms with E-state index in [2.05, 4.69) is 40.7 Å². The van der Waals surface area contributed by atoms with Crippen molar-refractivity contribution in [2.45, 2.75) is 66.7 Å². The predicted molar refractivity (Wildman–Crippen MR) is 78.3 cm³/mol. The zero-order chi connectivity index (χ0) is 13.9. The second kappa shape index (κ2) is 6.17. The zero-order valence-electron chi connectivity index (χ0n) is 12.7. The van der Waals surface area contributed by atoms with Crippen molar-refractivity contribution in [1.82, 2.24) is 0 Å². The minimum atomic E-state index is 0.299. The van der Waals surface area contributed by atoms with Gasteiger partial charge < -0.3 is 4.79 Å². The first-order valence-electron chi connectivity index (χ1n) is 6.95. The van der Waals surface area contributed by atoms with Crippen molar-refractivity contribution >= 4 is 5.78 Å². The van der Waals surface area contributed by atoms with Crippen LogP contribution in [0.4, 0.5) is 0 Å². The van der Waals surface area contributed by atoms with Crippen molar-refractivity contribution in [2.24, 2.45) is 0 Å². The van der Waals surface area contributed by atoms with Gasteiger partial charge in [0.1, 0.15) is 5.78 Å². The van der Waals surface area contributed by atoms with Gasteiger partial charge in [-0.2, -0.15) is 0 Å². The molecular weight excluding hydrogens is 220 g/mol. The number of rotatable bonds is 5. The smallest absolute Gasteiger partial charge is 0.129 e. The van der Waals surface area contributed by atoms with Gasteiger partial charge in [0.15, 0.2) is 0 Å². The van der Waals surface area contributed by atoms with Crippen LogP contribution in [0.5, 0.6) is 0 Å². The summed E-state index contributed by atoms with van der Waals surface area (Å²) < 4.78 is 0. The first-order chi connectivity index (χ1) is 8.38. The molecular formula is C17H26O. The average molecular weight is 246 g/mol. The fourth-order valence-electron chi connectivity index (χ4n) is 2.79. The summed E-state index contributed by atoms with van der Waals surface area (Å²) >= 11 is 0. The second-order valence-electron chi connectivity index (χ2n) is 5.52. The van der Waals surface area contributed by atoms with E-state index in [1.54, 1.807) is 6.92 Å². The molecule has 1 aromatic carbocycles. The number of hydrogen-bond donors (Lipinski definition) is 0. The van der Waals surface area contributed by atoms with Gasteiger partial charge in [-0.3, -0.25) is 0 Å². The topological polar surface area (TPSA) is 17.1 Å². The van der Waals surface area contributed by atoms with Crippen molar-refractivity contribution in [3.05, 3.63) is 33.9 Å². The number of hydrogen-bond acceptors (Lipinski definition) is 1. The summed E-state index contributed by atoms with van der Waals surface area (Å²) in [6.07, 6.45) is 2.79. The van der Waals surface area contributed by atoms with Crippen LogP contribution >= 0.6 is 0 Å². The van der Waals surface area contributed by atoms with Crippen LogP contribution in [0.1, 0.15) is 66.8 Å². The Kier molecular flexibility index (Phi) is 5.13. The van der Waals surface area contributed by atoms with Crippen LogP contribution in [-0.2, 0) is 4.79 Å². The summed E-state index contributed by atoms with van der Waals surface area (Å²) in [5, 5.41) is 0. The van der Waals surface area contributed by atoms with Crippen LogP contribution in [-0.4, -0.2) is 5.78 Å². The maximum Gasteiger partial charge on any atom is 0.129 e. The van der Waals surface area contributed by atoms with E-state index < -0.39 is 0 Å². The molecule has 1 nitrogen and oxygen atoms in total. The van der Waals surface area contributed by atoms with Crippen LogP contribution in [0.25, 0.3) is 0 Å². The molecule has 1 heteroatoms. The van der Waals surface area contributed by atoms with Crippen molar-refractivity contribution in [1.29, 1.82) is 0 Å². The molecule has 0 saturated heterocycles. The third-order valence-corrected chi connectivity index (χ3v) is 4.17. The molecule has 100 valence electrons. The van der Waals surface area contributed by atoms with Crippen molar-refractivity contribution < 1.29 is 4.79 Å². The predicted octanol–water partition coefficient (Wildman–Crippen LogP) is 4.78. The average Bonchev–Trinajstić information content (AvgIpc) is 2.30. The fourth-order valence-corrected chi connectivity index (χ4v) is 2.79. The van der Waals surface area contributed by atoms with E-state index in [9.17, 15) is 4.79 Å². The van der Waals surface area contributed by atoms with Crippen molar-refractivity contribution in [2.75, 3.05) is 0 Å². The Bertz CT molecular complexity index is 417. The van der Waals surface area contributed by atoms with Crippen LogP contribution < -0.4 is 0 Å². The molecule has 1 rings (SSSR count). The maximum atomic E-state index is 11.2. The van der Waals surface area contributed by atoms with E-state index in [4.69, 9.17) is 0 Å². The minimum Gasteiger partial charge on any atom is -0.300 e. The van der Waals surface area contributed by atoms with Crippen molar-refractivity contribution in [3.63, 3.8) is 0 Å². The first kappa shape index (κ1) is 14.9. The van der Waals surface area contributed by atoms with Crippen LogP contribution in [0, 0.1) is 27.7 Å². The van der Waals surface area contributed by atoms with Gasteiger partial charge in [-0.1, -0.05) is 13.0 Å². The highest BCUT2D eigenvalue weighted by molar-refractivity contribution is 5.75. The van der Waals surface area contributed by atoms with Gasteiger partial charge >= 0.3 is 0 Å². The Morgan fingerprint density at radius 1 is 1.11 bits per heavy atom. The van der Waals surface area contributed by atoms with E-state index in [1.165, 1.54) is 27.8 Å². The Hall–Kier alpha value is -1.11. The largest absolute Gasteiger partial charge is 0.300 e. The molecule has 18 heavy (non-hydrogen) atoms. The third kappa shape index (κ3) is 3.22. The number of carbonyl (C=O) groups is 1. The monoisotopic (exact) mass is 246 g/mol. The van der Waals surface area contributed by atoms with E-state index >= 15 is 0 Å². The molecule has 1 atom stereocenters. The quantitative estimate of drug-likeness (QED) is 0.730. The van der Waals surface area contributed by atoms with Gasteiger partial charge in [-0.25, -0.2) is 0 Å². The number of carbonyl (C=O) groups excluding carboxylic acids is 1. The molecule has 0 radical (unpaired) electrons. The van der Waals surface area contributed by atoms with Gasteiger partial charge in [0.05, 0.1) is 0 Å². The van der Waals surface area contributed by atoms with Crippen LogP contribution in [0.15, 0.2) is 6.07 Å². The SMILES string of the molecule is CCC(CCC(C)=O)c1c(C)c(C)cc(C)c1C. The third-order valence-electron chi connectivity index (χ3n) is 4.17.